The topological polar surface area (TPSA) is 58.6 Å². The molecule has 2 atom stereocenters. The maximum Gasteiger partial charge on any atom is 0.330 e. The maximum atomic E-state index is 12.4. The number of nitrogens with one attached hydrogen (secondary N) is 1. The second-order valence-corrected chi connectivity index (χ2v) is 5.13. The van der Waals surface area contributed by atoms with Crippen molar-refractivity contribution in [3.63, 3.8) is 0 Å². The van der Waals surface area contributed by atoms with Gasteiger partial charge in [-0.25, -0.2) is 4.79 Å². The molecule has 5 nitrogen and oxygen atoms in total. The number of esters is 1. The van der Waals surface area contributed by atoms with Gasteiger partial charge in [0.1, 0.15) is 6.04 Å². The molecule has 1 aliphatic heterocycles. The molecule has 2 rings (SSSR count). The third-order valence-electron chi connectivity index (χ3n) is 3.80. The number of nitrogens with zero attached hydrogens (tertiary/aromatic N) is 1. The van der Waals surface area contributed by atoms with E-state index < -0.39 is 6.04 Å². The fourth-order valence-electron chi connectivity index (χ4n) is 2.48. The van der Waals surface area contributed by atoms with Crippen LogP contribution in [0.2, 0.25) is 0 Å². The Bertz CT molecular complexity index is 328. The number of carbonyl (C=O) groups is 2. The molecule has 1 saturated carbocycles. The van der Waals surface area contributed by atoms with E-state index >= 15 is 0 Å². The van der Waals surface area contributed by atoms with E-state index in [2.05, 4.69) is 5.32 Å². The zero-order chi connectivity index (χ0) is 13.1. The van der Waals surface area contributed by atoms with Crippen LogP contribution in [-0.4, -0.2) is 49.1 Å². The van der Waals surface area contributed by atoms with Crippen molar-refractivity contribution in [1.29, 1.82) is 0 Å². The molecule has 1 heterocycles. The highest BCUT2D eigenvalue weighted by Crippen LogP contribution is 2.37. The van der Waals surface area contributed by atoms with Crippen molar-refractivity contribution in [3.05, 3.63) is 0 Å². The van der Waals surface area contributed by atoms with Crippen molar-refractivity contribution >= 4 is 11.9 Å². The molecule has 2 aliphatic rings. The monoisotopic (exact) mass is 254 g/mol. The summed E-state index contributed by atoms with van der Waals surface area (Å²) in [6, 6.07) is -0.451. The lowest BCUT2D eigenvalue weighted by molar-refractivity contribution is -0.157. The number of amides is 1. The lowest BCUT2D eigenvalue weighted by Crippen LogP contribution is -2.58. The van der Waals surface area contributed by atoms with Gasteiger partial charge < -0.3 is 15.0 Å². The van der Waals surface area contributed by atoms with Crippen LogP contribution in [-0.2, 0) is 14.3 Å². The van der Waals surface area contributed by atoms with Gasteiger partial charge in [-0.3, -0.25) is 4.79 Å². The molecule has 1 N–H and O–H groups in total. The van der Waals surface area contributed by atoms with Crippen molar-refractivity contribution in [3.8, 4) is 0 Å². The molecule has 0 bridgehead atoms. The van der Waals surface area contributed by atoms with E-state index in [0.29, 0.717) is 25.6 Å². The van der Waals surface area contributed by atoms with Crippen molar-refractivity contribution in [2.45, 2.75) is 32.7 Å². The number of hydrogen-bond donors (Lipinski definition) is 1. The van der Waals surface area contributed by atoms with Crippen LogP contribution in [0.3, 0.4) is 0 Å². The molecule has 0 aromatic rings. The Morgan fingerprint density at radius 1 is 1.44 bits per heavy atom. The van der Waals surface area contributed by atoms with E-state index in [0.717, 1.165) is 19.4 Å². The van der Waals surface area contributed by atoms with Crippen LogP contribution >= 0.6 is 0 Å². The Hall–Kier alpha value is -1.10. The van der Waals surface area contributed by atoms with Gasteiger partial charge in [0.15, 0.2) is 0 Å². The fraction of sp³-hybridized carbons (Fsp3) is 0.846. The first-order chi connectivity index (χ1) is 8.65. The van der Waals surface area contributed by atoms with Gasteiger partial charge in [-0.1, -0.05) is 6.92 Å². The predicted molar refractivity (Wildman–Crippen MR) is 66.9 cm³/mol. The molecule has 5 heteroatoms. The third kappa shape index (κ3) is 2.83. The molecule has 0 aromatic heterocycles. The lowest BCUT2D eigenvalue weighted by atomic mass is 10.0. The summed E-state index contributed by atoms with van der Waals surface area (Å²) >= 11 is 0. The van der Waals surface area contributed by atoms with Gasteiger partial charge in [0, 0.05) is 25.6 Å². The first kappa shape index (κ1) is 13.3. The van der Waals surface area contributed by atoms with Crippen LogP contribution in [0.25, 0.3) is 0 Å². The minimum atomic E-state index is -0.451. The van der Waals surface area contributed by atoms with Crippen LogP contribution in [0.4, 0.5) is 0 Å². The van der Waals surface area contributed by atoms with Gasteiger partial charge in [0.05, 0.1) is 6.61 Å². The van der Waals surface area contributed by atoms with Gasteiger partial charge in [-0.05, 0) is 25.7 Å². The van der Waals surface area contributed by atoms with Gasteiger partial charge >= 0.3 is 5.97 Å². The summed E-state index contributed by atoms with van der Waals surface area (Å²) in [5, 5.41) is 3.15. The van der Waals surface area contributed by atoms with E-state index in [1.54, 1.807) is 11.8 Å². The molecule has 1 saturated heterocycles. The molecule has 0 aromatic carbocycles. The second-order valence-electron chi connectivity index (χ2n) is 5.13. The quantitative estimate of drug-likeness (QED) is 0.738. The SMILES string of the molecule is CCOC(=O)C1CNCCN1C(=O)C(C)C1CC1. The van der Waals surface area contributed by atoms with Crippen molar-refractivity contribution in [1.82, 2.24) is 10.2 Å². The molecule has 18 heavy (non-hydrogen) atoms. The molecule has 2 unspecified atom stereocenters. The second kappa shape index (κ2) is 5.69. The smallest absolute Gasteiger partial charge is 0.330 e. The number of ether oxygens (including phenoxy) is 1. The highest BCUT2D eigenvalue weighted by molar-refractivity contribution is 5.86. The number of carbonyl (C=O) groups excluding carboxylic acids is 2. The Morgan fingerprint density at radius 2 is 2.17 bits per heavy atom. The lowest BCUT2D eigenvalue weighted by Gasteiger charge is -2.36. The zero-order valence-corrected chi connectivity index (χ0v) is 11.1. The molecular formula is C13H22N2O3. The Labute approximate surface area is 108 Å². The van der Waals surface area contributed by atoms with Crippen molar-refractivity contribution in [2.24, 2.45) is 11.8 Å². The third-order valence-corrected chi connectivity index (χ3v) is 3.80. The van der Waals surface area contributed by atoms with E-state index in [1.807, 2.05) is 6.92 Å². The Kier molecular flexibility index (Phi) is 4.22. The normalized spacial score (nSPS) is 25.7. The Morgan fingerprint density at radius 3 is 2.78 bits per heavy atom. The first-order valence-electron chi connectivity index (χ1n) is 6.83. The van der Waals surface area contributed by atoms with E-state index in [-0.39, 0.29) is 17.8 Å². The minimum absolute atomic E-state index is 0.0417. The molecule has 0 radical (unpaired) electrons. The zero-order valence-electron chi connectivity index (χ0n) is 11.1. The molecule has 102 valence electrons. The summed E-state index contributed by atoms with van der Waals surface area (Å²) < 4.78 is 5.04. The minimum Gasteiger partial charge on any atom is -0.464 e. The number of piperazine rings is 1. The fourth-order valence-corrected chi connectivity index (χ4v) is 2.48. The van der Waals surface area contributed by atoms with E-state index in [4.69, 9.17) is 4.74 Å². The summed E-state index contributed by atoms with van der Waals surface area (Å²) in [6.45, 7) is 5.97. The summed E-state index contributed by atoms with van der Waals surface area (Å²) in [6.07, 6.45) is 2.28. The van der Waals surface area contributed by atoms with Crippen LogP contribution in [0.1, 0.15) is 26.7 Å². The van der Waals surface area contributed by atoms with E-state index in [1.165, 1.54) is 0 Å². The Balaban J connectivity index is 2.02. The summed E-state index contributed by atoms with van der Waals surface area (Å²) in [5.41, 5.74) is 0. The molecule has 1 aliphatic carbocycles. The van der Waals surface area contributed by atoms with Gasteiger partial charge in [0.25, 0.3) is 0 Å². The van der Waals surface area contributed by atoms with Crippen molar-refractivity contribution < 1.29 is 14.3 Å². The average Bonchev–Trinajstić information content (AvgIpc) is 3.21. The van der Waals surface area contributed by atoms with Crippen LogP contribution in [0.5, 0.6) is 0 Å². The summed E-state index contributed by atoms with van der Waals surface area (Å²) in [7, 11) is 0. The largest absolute Gasteiger partial charge is 0.464 e. The van der Waals surface area contributed by atoms with Gasteiger partial charge in [0.2, 0.25) is 5.91 Å². The van der Waals surface area contributed by atoms with E-state index in [9.17, 15) is 9.59 Å². The highest BCUT2D eigenvalue weighted by atomic mass is 16.5. The molecule has 1 amide bonds. The van der Waals surface area contributed by atoms with Crippen molar-refractivity contribution in [2.75, 3.05) is 26.2 Å². The molecule has 2 fully saturated rings. The molecule has 0 spiro atoms. The summed E-state index contributed by atoms with van der Waals surface area (Å²) in [5.74, 6) is 0.383. The first-order valence-corrected chi connectivity index (χ1v) is 6.83. The van der Waals surface area contributed by atoms with Crippen LogP contribution in [0, 0.1) is 11.8 Å². The molecular weight excluding hydrogens is 232 g/mol. The van der Waals surface area contributed by atoms with Gasteiger partial charge in [-0.2, -0.15) is 0 Å². The van der Waals surface area contributed by atoms with Crippen LogP contribution in [0.15, 0.2) is 0 Å². The number of rotatable bonds is 4. The summed E-state index contributed by atoms with van der Waals surface area (Å²) in [4.78, 5) is 26.0. The highest BCUT2D eigenvalue weighted by Gasteiger charge is 2.40. The standard InChI is InChI=1S/C13H22N2O3/c1-3-18-13(17)11-8-14-6-7-15(11)12(16)9(2)10-4-5-10/h9-11,14H,3-8H2,1-2H3. The maximum absolute atomic E-state index is 12.4. The van der Waals surface area contributed by atoms with Gasteiger partial charge in [-0.15, -0.1) is 0 Å². The average molecular weight is 254 g/mol. The predicted octanol–water partition coefficient (Wildman–Crippen LogP) is 0.396. The van der Waals surface area contributed by atoms with Crippen LogP contribution < -0.4 is 5.32 Å². The number of hydrogen-bond acceptors (Lipinski definition) is 4.